The molecule has 1 aromatic rings. The number of benzene rings is 1. The molecule has 108 valence electrons. The third kappa shape index (κ3) is 2.99. The van der Waals surface area contributed by atoms with Crippen molar-refractivity contribution in [3.8, 4) is 5.75 Å². The second kappa shape index (κ2) is 6.05. The number of amides is 2. The van der Waals surface area contributed by atoms with Crippen LogP contribution in [-0.4, -0.2) is 35.5 Å². The zero-order chi connectivity index (χ0) is 14.7. The first kappa shape index (κ1) is 14.5. The molecule has 5 nitrogen and oxygen atoms in total. The number of nitrogens with zero attached hydrogens (tertiary/aromatic N) is 1. The minimum absolute atomic E-state index is 0.0231. The molecular formula is C15H19NO4. The van der Waals surface area contributed by atoms with Crippen molar-refractivity contribution in [1.29, 1.82) is 0 Å². The van der Waals surface area contributed by atoms with Gasteiger partial charge >= 0.3 is 0 Å². The maximum atomic E-state index is 11.9. The van der Waals surface area contributed by atoms with Gasteiger partial charge in [0.2, 0.25) is 11.8 Å². The number of carbonyl (C=O) groups excluding carboxylic acids is 2. The van der Waals surface area contributed by atoms with Crippen LogP contribution < -0.4 is 4.74 Å². The zero-order valence-electron chi connectivity index (χ0n) is 11.7. The number of hydrogen-bond donors (Lipinski definition) is 1. The van der Waals surface area contributed by atoms with E-state index in [2.05, 4.69) is 0 Å². The summed E-state index contributed by atoms with van der Waals surface area (Å²) < 4.78 is 5.18. The fourth-order valence-corrected chi connectivity index (χ4v) is 2.44. The SMILES string of the molecule is COc1ccccc1C(O)CN1C(=O)CC(C)CC1=O. The Morgan fingerprint density at radius 3 is 2.50 bits per heavy atom. The number of hydrogen-bond acceptors (Lipinski definition) is 4. The van der Waals surface area contributed by atoms with Crippen molar-refractivity contribution in [2.24, 2.45) is 5.92 Å². The maximum Gasteiger partial charge on any atom is 0.229 e. The van der Waals surface area contributed by atoms with E-state index >= 15 is 0 Å². The summed E-state index contributed by atoms with van der Waals surface area (Å²) in [6.45, 7) is 1.86. The van der Waals surface area contributed by atoms with E-state index in [1.165, 1.54) is 7.11 Å². The van der Waals surface area contributed by atoms with E-state index in [1.807, 2.05) is 6.92 Å². The summed E-state index contributed by atoms with van der Waals surface area (Å²) in [5.41, 5.74) is 0.578. The van der Waals surface area contributed by atoms with Crippen LogP contribution >= 0.6 is 0 Å². The van der Waals surface area contributed by atoms with Crippen molar-refractivity contribution in [3.05, 3.63) is 29.8 Å². The molecule has 1 unspecified atom stereocenters. The number of likely N-dealkylation sites (tertiary alicyclic amines) is 1. The predicted molar refractivity (Wildman–Crippen MR) is 73.1 cm³/mol. The minimum Gasteiger partial charge on any atom is -0.496 e. The van der Waals surface area contributed by atoms with Crippen LogP contribution in [0.25, 0.3) is 0 Å². The molecule has 0 aromatic heterocycles. The molecule has 1 aliphatic heterocycles. The topological polar surface area (TPSA) is 66.8 Å². The van der Waals surface area contributed by atoms with E-state index in [0.717, 1.165) is 4.90 Å². The lowest BCUT2D eigenvalue weighted by Gasteiger charge is -2.30. The van der Waals surface area contributed by atoms with E-state index in [9.17, 15) is 14.7 Å². The van der Waals surface area contributed by atoms with Crippen molar-refractivity contribution >= 4 is 11.8 Å². The van der Waals surface area contributed by atoms with Crippen LogP contribution in [0.4, 0.5) is 0 Å². The van der Waals surface area contributed by atoms with Crippen LogP contribution in [0.15, 0.2) is 24.3 Å². The summed E-state index contributed by atoms with van der Waals surface area (Å²) in [7, 11) is 1.52. The second-order valence-corrected chi connectivity index (χ2v) is 5.17. The van der Waals surface area contributed by atoms with Crippen molar-refractivity contribution in [2.45, 2.75) is 25.9 Å². The molecule has 0 saturated carbocycles. The molecule has 20 heavy (non-hydrogen) atoms. The molecule has 1 aromatic carbocycles. The van der Waals surface area contributed by atoms with Gasteiger partial charge < -0.3 is 9.84 Å². The fraction of sp³-hybridized carbons (Fsp3) is 0.467. The highest BCUT2D eigenvalue weighted by molar-refractivity contribution is 5.97. The number of rotatable bonds is 4. The summed E-state index contributed by atoms with van der Waals surface area (Å²) in [6.07, 6.45) is -0.234. The van der Waals surface area contributed by atoms with Crippen LogP contribution in [0.2, 0.25) is 0 Å². The third-order valence-corrected chi connectivity index (χ3v) is 3.50. The predicted octanol–water partition coefficient (Wildman–Crippen LogP) is 1.51. The molecule has 1 saturated heterocycles. The van der Waals surface area contributed by atoms with E-state index in [4.69, 9.17) is 4.74 Å². The maximum absolute atomic E-state index is 11.9. The van der Waals surface area contributed by atoms with E-state index in [0.29, 0.717) is 24.2 Å². The van der Waals surface area contributed by atoms with Crippen LogP contribution in [0, 0.1) is 5.92 Å². The molecule has 1 atom stereocenters. The Balaban J connectivity index is 2.13. The molecule has 2 rings (SSSR count). The first-order valence-corrected chi connectivity index (χ1v) is 6.67. The number of aliphatic hydroxyl groups excluding tert-OH is 1. The number of carbonyl (C=O) groups is 2. The van der Waals surface area contributed by atoms with Crippen molar-refractivity contribution in [1.82, 2.24) is 4.90 Å². The second-order valence-electron chi connectivity index (χ2n) is 5.17. The van der Waals surface area contributed by atoms with Gasteiger partial charge in [0.1, 0.15) is 11.9 Å². The average molecular weight is 277 g/mol. The zero-order valence-corrected chi connectivity index (χ0v) is 11.7. The molecule has 2 amide bonds. The smallest absolute Gasteiger partial charge is 0.229 e. The van der Waals surface area contributed by atoms with E-state index < -0.39 is 6.10 Å². The molecular weight excluding hydrogens is 258 g/mol. The van der Waals surface area contributed by atoms with E-state index in [1.54, 1.807) is 24.3 Å². The highest BCUT2D eigenvalue weighted by atomic mass is 16.5. The molecule has 5 heteroatoms. The van der Waals surface area contributed by atoms with Crippen LogP contribution in [0.3, 0.4) is 0 Å². The summed E-state index contributed by atoms with van der Waals surface area (Å²) in [6, 6.07) is 7.04. The standard InChI is InChI=1S/C15H19NO4/c1-10-7-14(18)16(15(19)8-10)9-12(17)11-5-3-4-6-13(11)20-2/h3-6,10,12,17H,7-9H2,1-2H3. The lowest BCUT2D eigenvalue weighted by Crippen LogP contribution is -2.44. The molecule has 1 N–H and O–H groups in total. The Kier molecular flexibility index (Phi) is 4.39. The van der Waals surface area contributed by atoms with Gasteiger partial charge in [-0.3, -0.25) is 14.5 Å². The number of β-amino-alcohol motifs (C(OH)–C–C–N with tert-alkyl or cyclic N) is 1. The van der Waals surface area contributed by atoms with Gasteiger partial charge in [0, 0.05) is 18.4 Å². The van der Waals surface area contributed by atoms with Gasteiger partial charge in [-0.1, -0.05) is 25.1 Å². The van der Waals surface area contributed by atoms with Crippen LogP contribution in [0.1, 0.15) is 31.4 Å². The summed E-state index contributed by atoms with van der Waals surface area (Å²) in [4.78, 5) is 24.9. The van der Waals surface area contributed by atoms with Crippen LogP contribution in [-0.2, 0) is 9.59 Å². The van der Waals surface area contributed by atoms with Crippen molar-refractivity contribution < 1.29 is 19.4 Å². The Bertz CT molecular complexity index is 496. The Hall–Kier alpha value is -1.88. The Morgan fingerprint density at radius 1 is 1.30 bits per heavy atom. The van der Waals surface area contributed by atoms with Gasteiger partial charge in [0.15, 0.2) is 0 Å². The molecule has 0 aliphatic carbocycles. The molecule has 0 spiro atoms. The number of piperidine rings is 1. The Morgan fingerprint density at radius 2 is 1.90 bits per heavy atom. The largest absolute Gasteiger partial charge is 0.496 e. The van der Waals surface area contributed by atoms with Crippen molar-refractivity contribution in [3.63, 3.8) is 0 Å². The summed E-state index contributed by atoms with van der Waals surface area (Å²) in [5, 5.41) is 10.3. The number of aliphatic hydroxyl groups is 1. The first-order chi connectivity index (χ1) is 9.52. The van der Waals surface area contributed by atoms with Gasteiger partial charge in [-0.15, -0.1) is 0 Å². The molecule has 0 bridgehead atoms. The number of methoxy groups -OCH3 is 1. The lowest BCUT2D eigenvalue weighted by atomic mass is 9.97. The first-order valence-electron chi connectivity index (χ1n) is 6.67. The van der Waals surface area contributed by atoms with Gasteiger partial charge in [-0.05, 0) is 12.0 Å². The lowest BCUT2D eigenvalue weighted by molar-refractivity contribution is -0.151. The van der Waals surface area contributed by atoms with Gasteiger partial charge in [0.25, 0.3) is 0 Å². The molecule has 0 radical (unpaired) electrons. The Labute approximate surface area is 118 Å². The third-order valence-electron chi connectivity index (χ3n) is 3.50. The average Bonchev–Trinajstić information content (AvgIpc) is 2.42. The quantitative estimate of drug-likeness (QED) is 0.847. The number of imide groups is 1. The number of para-hydroxylation sites is 1. The normalized spacial score (nSPS) is 18.2. The molecule has 1 aliphatic rings. The van der Waals surface area contributed by atoms with Crippen LogP contribution in [0.5, 0.6) is 5.75 Å². The fourth-order valence-electron chi connectivity index (χ4n) is 2.44. The molecule has 1 fully saturated rings. The summed E-state index contributed by atoms with van der Waals surface area (Å²) in [5.74, 6) is 0.185. The van der Waals surface area contributed by atoms with Gasteiger partial charge in [-0.25, -0.2) is 0 Å². The van der Waals surface area contributed by atoms with Gasteiger partial charge in [-0.2, -0.15) is 0 Å². The number of ether oxygens (including phenoxy) is 1. The van der Waals surface area contributed by atoms with E-state index in [-0.39, 0.29) is 24.3 Å². The highest BCUT2D eigenvalue weighted by Gasteiger charge is 2.32. The van der Waals surface area contributed by atoms with Crippen molar-refractivity contribution in [2.75, 3.05) is 13.7 Å². The highest BCUT2D eigenvalue weighted by Crippen LogP contribution is 2.27. The summed E-state index contributed by atoms with van der Waals surface area (Å²) >= 11 is 0. The monoisotopic (exact) mass is 277 g/mol. The van der Waals surface area contributed by atoms with Gasteiger partial charge in [0.05, 0.1) is 13.7 Å². The molecule has 1 heterocycles. The minimum atomic E-state index is -0.938.